The third kappa shape index (κ3) is 4.94. The predicted octanol–water partition coefficient (Wildman–Crippen LogP) is 4.77. The molecule has 0 bridgehead atoms. The summed E-state index contributed by atoms with van der Waals surface area (Å²) < 4.78 is 7.73. The summed E-state index contributed by atoms with van der Waals surface area (Å²) in [7, 11) is 0. The van der Waals surface area contributed by atoms with Crippen LogP contribution in [0.15, 0.2) is 96.5 Å². The summed E-state index contributed by atoms with van der Waals surface area (Å²) in [6.07, 6.45) is 1.49. The normalized spacial score (nSPS) is 14.7. The van der Waals surface area contributed by atoms with Gasteiger partial charge in [0.15, 0.2) is 0 Å². The van der Waals surface area contributed by atoms with Gasteiger partial charge in [-0.05, 0) is 42.7 Å². The molecule has 0 unspecified atom stereocenters. The highest BCUT2D eigenvalue weighted by atomic mass is 16.5. The number of hydrogen-bond acceptors (Lipinski definition) is 5. The summed E-state index contributed by atoms with van der Waals surface area (Å²) in [6.45, 7) is 4.90. The second-order valence-corrected chi connectivity index (χ2v) is 8.61. The maximum Gasteiger partial charge on any atom is 0.251 e. The first-order chi connectivity index (χ1) is 17.1. The van der Waals surface area contributed by atoms with E-state index in [0.717, 1.165) is 28.1 Å². The Morgan fingerprint density at radius 3 is 2.54 bits per heavy atom. The number of carbonyl (C=O) groups excluding carboxylic acids is 1. The Morgan fingerprint density at radius 2 is 1.77 bits per heavy atom. The molecule has 1 aliphatic rings. The van der Waals surface area contributed by atoms with Crippen LogP contribution in [-0.2, 0) is 17.9 Å². The summed E-state index contributed by atoms with van der Waals surface area (Å²) >= 11 is 0. The fraction of sp³-hybridized carbons (Fsp3) is 0.179. The Balaban J connectivity index is 1.37. The maximum atomic E-state index is 13.4. The number of hydrogen-bond donors (Lipinski definition) is 2. The van der Waals surface area contributed by atoms with Crippen LogP contribution in [0.3, 0.4) is 0 Å². The van der Waals surface area contributed by atoms with E-state index in [-0.39, 0.29) is 5.91 Å². The molecule has 1 aromatic heterocycles. The van der Waals surface area contributed by atoms with Crippen LogP contribution in [0.25, 0.3) is 0 Å². The number of aromatic nitrogens is 3. The largest absolute Gasteiger partial charge is 0.489 e. The standard InChI is InChI=1S/C28H27N5O2/c1-19-7-6-10-22(15-19)17-35-24-13-11-23(12-14-24)26-25(20(2)32-28-30-18-31-33(26)28)27(34)29-16-21-8-4-3-5-9-21/h3-15,18,26H,16-17H2,1-2H3,(H,29,34)(H,30,31,32)/t26-/m0/s1. The minimum absolute atomic E-state index is 0.148. The number of aryl methyl sites for hydroxylation is 1. The Bertz CT molecular complexity index is 1360. The molecular formula is C28H27N5O2. The van der Waals surface area contributed by atoms with Crippen LogP contribution < -0.4 is 15.4 Å². The molecule has 1 aliphatic heterocycles. The van der Waals surface area contributed by atoms with Crippen LogP contribution in [-0.4, -0.2) is 20.7 Å². The second kappa shape index (κ2) is 9.85. The zero-order valence-electron chi connectivity index (χ0n) is 19.7. The monoisotopic (exact) mass is 465 g/mol. The predicted molar refractivity (Wildman–Crippen MR) is 135 cm³/mol. The number of ether oxygens (including phenoxy) is 1. The van der Waals surface area contributed by atoms with Crippen LogP contribution in [0.2, 0.25) is 0 Å². The van der Waals surface area contributed by atoms with Gasteiger partial charge in [-0.25, -0.2) is 4.68 Å². The van der Waals surface area contributed by atoms with Gasteiger partial charge in [-0.1, -0.05) is 72.3 Å². The van der Waals surface area contributed by atoms with Gasteiger partial charge in [-0.3, -0.25) is 4.79 Å². The SMILES string of the molecule is CC1=C(C(=O)NCc2ccccc2)[C@H](c2ccc(OCc3cccc(C)c3)cc2)n2ncnc2N1. The van der Waals surface area contributed by atoms with Crippen LogP contribution in [0, 0.1) is 6.92 Å². The van der Waals surface area contributed by atoms with Gasteiger partial charge in [0.05, 0.1) is 5.57 Å². The summed E-state index contributed by atoms with van der Waals surface area (Å²) in [4.78, 5) is 17.7. The van der Waals surface area contributed by atoms with Crippen LogP contribution in [0.1, 0.15) is 35.2 Å². The third-order valence-corrected chi connectivity index (χ3v) is 6.02. The van der Waals surface area contributed by atoms with E-state index in [1.54, 1.807) is 4.68 Å². The number of nitrogens with one attached hydrogen (secondary N) is 2. The highest BCUT2D eigenvalue weighted by molar-refractivity contribution is 5.96. The molecule has 4 aromatic rings. The zero-order valence-corrected chi connectivity index (χ0v) is 19.7. The first kappa shape index (κ1) is 22.4. The van der Waals surface area contributed by atoms with Crippen molar-refractivity contribution in [2.24, 2.45) is 0 Å². The average molecular weight is 466 g/mol. The lowest BCUT2D eigenvalue weighted by Crippen LogP contribution is -2.34. The lowest BCUT2D eigenvalue weighted by molar-refractivity contribution is -0.118. The smallest absolute Gasteiger partial charge is 0.251 e. The second-order valence-electron chi connectivity index (χ2n) is 8.61. The van der Waals surface area contributed by atoms with E-state index in [2.05, 4.69) is 45.8 Å². The van der Waals surface area contributed by atoms with E-state index in [1.807, 2.05) is 67.6 Å². The lowest BCUT2D eigenvalue weighted by atomic mass is 9.95. The van der Waals surface area contributed by atoms with Gasteiger partial charge in [0, 0.05) is 12.2 Å². The highest BCUT2D eigenvalue weighted by Crippen LogP contribution is 2.35. The average Bonchev–Trinajstić information content (AvgIpc) is 3.34. The zero-order chi connectivity index (χ0) is 24.2. The van der Waals surface area contributed by atoms with Gasteiger partial charge in [0.2, 0.25) is 5.95 Å². The topological polar surface area (TPSA) is 81.1 Å². The summed E-state index contributed by atoms with van der Waals surface area (Å²) in [5.74, 6) is 1.22. The molecule has 1 amide bonds. The molecule has 0 saturated carbocycles. The quantitative estimate of drug-likeness (QED) is 0.411. The molecule has 3 aromatic carbocycles. The van der Waals surface area contributed by atoms with E-state index in [0.29, 0.717) is 24.7 Å². The van der Waals surface area contributed by atoms with E-state index in [4.69, 9.17) is 4.74 Å². The number of nitrogens with zero attached hydrogens (tertiary/aromatic N) is 3. The number of anilines is 1. The van der Waals surface area contributed by atoms with Gasteiger partial charge in [-0.15, -0.1) is 0 Å². The molecule has 0 spiro atoms. The number of rotatable bonds is 7. The Morgan fingerprint density at radius 1 is 1.00 bits per heavy atom. The summed E-state index contributed by atoms with van der Waals surface area (Å²) in [6, 6.07) is 25.5. The molecule has 176 valence electrons. The molecule has 2 N–H and O–H groups in total. The van der Waals surface area contributed by atoms with Crippen molar-refractivity contribution in [3.8, 4) is 5.75 Å². The third-order valence-electron chi connectivity index (χ3n) is 6.02. The van der Waals surface area contributed by atoms with Crippen molar-refractivity contribution in [2.75, 3.05) is 5.32 Å². The first-order valence-electron chi connectivity index (χ1n) is 11.6. The van der Waals surface area contributed by atoms with Crippen molar-refractivity contribution in [3.05, 3.63) is 119 Å². The van der Waals surface area contributed by atoms with Crippen molar-refractivity contribution in [1.29, 1.82) is 0 Å². The van der Waals surface area contributed by atoms with Crippen molar-refractivity contribution in [3.63, 3.8) is 0 Å². The number of amides is 1. The number of fused-ring (bicyclic) bond motifs is 1. The summed E-state index contributed by atoms with van der Waals surface area (Å²) in [5, 5.41) is 10.7. The molecule has 5 rings (SSSR count). The molecule has 2 heterocycles. The molecule has 35 heavy (non-hydrogen) atoms. The molecule has 0 aliphatic carbocycles. The Kier molecular flexibility index (Phi) is 6.30. The van der Waals surface area contributed by atoms with Crippen molar-refractivity contribution in [2.45, 2.75) is 33.0 Å². The molecule has 1 atom stereocenters. The van der Waals surface area contributed by atoms with Crippen molar-refractivity contribution < 1.29 is 9.53 Å². The molecule has 0 radical (unpaired) electrons. The number of benzene rings is 3. The molecule has 7 nitrogen and oxygen atoms in total. The minimum atomic E-state index is -0.407. The van der Waals surface area contributed by atoms with E-state index in [1.165, 1.54) is 11.9 Å². The fourth-order valence-electron chi connectivity index (χ4n) is 4.28. The minimum Gasteiger partial charge on any atom is -0.489 e. The maximum absolute atomic E-state index is 13.4. The number of allylic oxidation sites excluding steroid dienone is 1. The number of carbonyl (C=O) groups is 1. The summed E-state index contributed by atoms with van der Waals surface area (Å²) in [5.41, 5.74) is 5.64. The van der Waals surface area contributed by atoms with Crippen LogP contribution in [0.5, 0.6) is 5.75 Å². The molecule has 0 saturated heterocycles. The Hall–Kier alpha value is -4.39. The van der Waals surface area contributed by atoms with Gasteiger partial charge in [0.25, 0.3) is 5.91 Å². The van der Waals surface area contributed by atoms with E-state index in [9.17, 15) is 4.79 Å². The van der Waals surface area contributed by atoms with Crippen LogP contribution in [0.4, 0.5) is 5.95 Å². The Labute approximate surface area is 204 Å². The van der Waals surface area contributed by atoms with E-state index < -0.39 is 6.04 Å². The first-order valence-corrected chi connectivity index (χ1v) is 11.6. The molecular weight excluding hydrogens is 438 g/mol. The fourth-order valence-corrected chi connectivity index (χ4v) is 4.28. The van der Waals surface area contributed by atoms with Crippen LogP contribution >= 0.6 is 0 Å². The van der Waals surface area contributed by atoms with Gasteiger partial charge in [-0.2, -0.15) is 10.1 Å². The highest BCUT2D eigenvalue weighted by Gasteiger charge is 2.33. The van der Waals surface area contributed by atoms with E-state index >= 15 is 0 Å². The lowest BCUT2D eigenvalue weighted by Gasteiger charge is -2.28. The molecule has 7 heteroatoms. The van der Waals surface area contributed by atoms with Gasteiger partial charge >= 0.3 is 0 Å². The van der Waals surface area contributed by atoms with Crippen molar-refractivity contribution in [1.82, 2.24) is 20.1 Å². The van der Waals surface area contributed by atoms with Crippen molar-refractivity contribution >= 4 is 11.9 Å². The molecule has 0 fully saturated rings. The van der Waals surface area contributed by atoms with Gasteiger partial charge < -0.3 is 15.4 Å². The van der Waals surface area contributed by atoms with Gasteiger partial charge in [0.1, 0.15) is 24.7 Å².